The molecular weight excluding hydrogens is 444 g/mol. The second kappa shape index (κ2) is 8.19. The van der Waals surface area contributed by atoms with Crippen LogP contribution >= 0.6 is 11.6 Å². The summed E-state index contributed by atoms with van der Waals surface area (Å²) in [5.74, 6) is -1.24. The minimum absolute atomic E-state index is 0.0284. The van der Waals surface area contributed by atoms with Gasteiger partial charge in [-0.3, -0.25) is 14.6 Å². The van der Waals surface area contributed by atoms with Gasteiger partial charge in [-0.1, -0.05) is 17.7 Å². The maximum absolute atomic E-state index is 13.0. The molecule has 4 heterocycles. The zero-order valence-corrected chi connectivity index (χ0v) is 18.9. The lowest BCUT2D eigenvalue weighted by Gasteiger charge is -2.33. The van der Waals surface area contributed by atoms with Crippen LogP contribution in [0.2, 0.25) is 5.02 Å². The van der Waals surface area contributed by atoms with E-state index in [0.29, 0.717) is 49.6 Å². The normalized spacial score (nSPS) is 16.3. The number of amides is 1. The molecule has 8 nitrogen and oxygen atoms in total. The molecule has 1 aromatic carbocycles. The SMILES string of the molecule is CC(=O)N1CCC(n2cc(C(=O)O)c(=O)c3cc(Cl)c(N4Cc5cccnc5C4)cc32)CC1. The van der Waals surface area contributed by atoms with Crippen molar-refractivity contribution in [3.63, 3.8) is 0 Å². The van der Waals surface area contributed by atoms with Crippen molar-refractivity contribution < 1.29 is 14.7 Å². The zero-order chi connectivity index (χ0) is 23.3. The number of likely N-dealkylation sites (tertiary alicyclic amines) is 1. The van der Waals surface area contributed by atoms with Crippen LogP contribution in [0.25, 0.3) is 10.9 Å². The molecule has 9 heteroatoms. The Hall–Kier alpha value is -3.39. The number of fused-ring (bicyclic) bond motifs is 2. The van der Waals surface area contributed by atoms with Gasteiger partial charge in [-0.05, 0) is 36.6 Å². The van der Waals surface area contributed by atoms with E-state index >= 15 is 0 Å². The molecule has 1 amide bonds. The van der Waals surface area contributed by atoms with E-state index in [1.54, 1.807) is 24.1 Å². The van der Waals surface area contributed by atoms with E-state index in [-0.39, 0.29) is 22.9 Å². The summed E-state index contributed by atoms with van der Waals surface area (Å²) in [5, 5.41) is 10.3. The van der Waals surface area contributed by atoms with Crippen LogP contribution in [0, 0.1) is 0 Å². The van der Waals surface area contributed by atoms with Gasteiger partial charge in [0.1, 0.15) is 5.56 Å². The van der Waals surface area contributed by atoms with Crippen molar-refractivity contribution in [1.29, 1.82) is 0 Å². The summed E-state index contributed by atoms with van der Waals surface area (Å²) in [6.45, 7) is 3.99. The molecule has 2 aromatic heterocycles. The summed E-state index contributed by atoms with van der Waals surface area (Å²) < 4.78 is 1.89. The highest BCUT2D eigenvalue weighted by molar-refractivity contribution is 6.34. The van der Waals surface area contributed by atoms with Crippen molar-refractivity contribution in [3.8, 4) is 0 Å². The van der Waals surface area contributed by atoms with E-state index in [1.165, 1.54) is 6.20 Å². The van der Waals surface area contributed by atoms with Crippen molar-refractivity contribution in [2.45, 2.75) is 38.9 Å². The Morgan fingerprint density at radius 1 is 1.18 bits per heavy atom. The number of carboxylic acids is 1. The van der Waals surface area contributed by atoms with E-state index in [1.807, 2.05) is 22.8 Å². The number of carbonyl (C=O) groups is 2. The second-order valence-corrected chi connectivity index (χ2v) is 9.01. The van der Waals surface area contributed by atoms with Gasteiger partial charge in [0.05, 0.1) is 28.5 Å². The van der Waals surface area contributed by atoms with Gasteiger partial charge in [0.25, 0.3) is 0 Å². The summed E-state index contributed by atoms with van der Waals surface area (Å²) in [6.07, 6.45) is 4.56. The van der Waals surface area contributed by atoms with Gasteiger partial charge in [-0.25, -0.2) is 4.79 Å². The fraction of sp³-hybridized carbons (Fsp3) is 0.333. The van der Waals surface area contributed by atoms with E-state index in [9.17, 15) is 19.5 Å². The predicted molar refractivity (Wildman–Crippen MR) is 125 cm³/mol. The lowest BCUT2D eigenvalue weighted by molar-refractivity contribution is -0.130. The second-order valence-electron chi connectivity index (χ2n) is 8.61. The Kier molecular flexibility index (Phi) is 5.32. The molecule has 1 fully saturated rings. The van der Waals surface area contributed by atoms with Gasteiger partial charge in [0.2, 0.25) is 11.3 Å². The molecule has 0 unspecified atom stereocenters. The van der Waals surface area contributed by atoms with Crippen molar-refractivity contribution in [2.75, 3.05) is 18.0 Å². The van der Waals surface area contributed by atoms with Crippen LogP contribution in [0.5, 0.6) is 0 Å². The number of anilines is 1. The number of pyridine rings is 2. The first kappa shape index (κ1) is 21.5. The summed E-state index contributed by atoms with van der Waals surface area (Å²) >= 11 is 6.62. The topological polar surface area (TPSA) is 95.7 Å². The molecule has 2 aliphatic rings. The molecule has 1 saturated heterocycles. The number of hydrogen-bond donors (Lipinski definition) is 1. The molecular formula is C24H23ClN4O4. The van der Waals surface area contributed by atoms with Crippen molar-refractivity contribution in [2.24, 2.45) is 0 Å². The van der Waals surface area contributed by atoms with Gasteiger partial charge < -0.3 is 19.5 Å². The molecule has 3 aromatic rings. The number of hydrogen-bond acceptors (Lipinski definition) is 5. The maximum atomic E-state index is 13.0. The Morgan fingerprint density at radius 3 is 2.61 bits per heavy atom. The highest BCUT2D eigenvalue weighted by Gasteiger charge is 2.27. The average molecular weight is 467 g/mol. The number of aromatic nitrogens is 2. The number of nitrogens with zero attached hydrogens (tertiary/aromatic N) is 4. The van der Waals surface area contributed by atoms with Crippen molar-refractivity contribution >= 4 is 40.1 Å². The maximum Gasteiger partial charge on any atom is 0.341 e. The smallest absolute Gasteiger partial charge is 0.341 e. The lowest BCUT2D eigenvalue weighted by atomic mass is 10.0. The first-order valence-corrected chi connectivity index (χ1v) is 11.3. The third-order valence-electron chi connectivity index (χ3n) is 6.66. The van der Waals surface area contributed by atoms with E-state index < -0.39 is 11.4 Å². The Labute approximate surface area is 195 Å². The molecule has 0 saturated carbocycles. The third kappa shape index (κ3) is 3.74. The van der Waals surface area contributed by atoms with Crippen molar-refractivity contribution in [1.82, 2.24) is 14.5 Å². The third-order valence-corrected chi connectivity index (χ3v) is 6.96. The van der Waals surface area contributed by atoms with Gasteiger partial charge in [-0.2, -0.15) is 0 Å². The van der Waals surface area contributed by atoms with Crippen LogP contribution in [0.3, 0.4) is 0 Å². The standard InChI is InChI=1S/C24H23ClN4O4/c1-14(30)27-7-4-16(5-8-27)29-12-18(24(32)33)23(31)17-9-19(25)22(10-21(17)29)28-11-15-3-2-6-26-20(15)13-28/h2-3,6,9-10,12,16H,4-5,7-8,11,13H2,1H3,(H,32,33). The number of carboxylic acid groups (broad SMARTS) is 1. The van der Waals surface area contributed by atoms with Gasteiger partial charge in [0.15, 0.2) is 0 Å². The Bertz CT molecular complexity index is 1320. The summed E-state index contributed by atoms with van der Waals surface area (Å²) in [5.41, 5.74) is 2.72. The molecule has 5 rings (SSSR count). The number of carbonyl (C=O) groups excluding carboxylic acids is 1. The number of aromatic carboxylic acids is 1. The summed E-state index contributed by atoms with van der Waals surface area (Å²) in [4.78, 5) is 44.9. The van der Waals surface area contributed by atoms with Crippen LogP contribution in [-0.2, 0) is 17.9 Å². The van der Waals surface area contributed by atoms with Gasteiger partial charge in [-0.15, -0.1) is 0 Å². The quantitative estimate of drug-likeness (QED) is 0.635. The molecule has 33 heavy (non-hydrogen) atoms. The largest absolute Gasteiger partial charge is 0.477 e. The molecule has 0 radical (unpaired) electrons. The molecule has 170 valence electrons. The lowest BCUT2D eigenvalue weighted by Crippen LogP contribution is -2.38. The summed E-state index contributed by atoms with van der Waals surface area (Å²) in [7, 11) is 0. The first-order valence-electron chi connectivity index (χ1n) is 10.9. The predicted octanol–water partition coefficient (Wildman–Crippen LogP) is 3.45. The number of benzene rings is 1. The van der Waals surface area contributed by atoms with Crippen LogP contribution in [0.1, 0.15) is 47.4 Å². The van der Waals surface area contributed by atoms with Crippen molar-refractivity contribution in [3.05, 3.63) is 68.7 Å². The first-order chi connectivity index (χ1) is 15.8. The molecule has 0 aliphatic carbocycles. The van der Waals surface area contributed by atoms with Crippen LogP contribution in [0.4, 0.5) is 5.69 Å². The minimum atomic E-state index is -1.27. The Morgan fingerprint density at radius 2 is 1.94 bits per heavy atom. The highest BCUT2D eigenvalue weighted by Crippen LogP contribution is 2.36. The fourth-order valence-corrected chi connectivity index (χ4v) is 5.17. The molecule has 0 atom stereocenters. The van der Waals surface area contributed by atoms with Crippen LogP contribution < -0.4 is 10.3 Å². The van der Waals surface area contributed by atoms with Crippen LogP contribution in [-0.4, -0.2) is 44.5 Å². The zero-order valence-electron chi connectivity index (χ0n) is 18.1. The molecule has 1 N–H and O–H groups in total. The Balaban J connectivity index is 1.62. The summed E-state index contributed by atoms with van der Waals surface area (Å²) in [6, 6.07) is 7.37. The van der Waals surface area contributed by atoms with Gasteiger partial charge >= 0.3 is 5.97 Å². The number of rotatable bonds is 3. The fourth-order valence-electron chi connectivity index (χ4n) is 4.88. The number of halogens is 1. The average Bonchev–Trinajstić information content (AvgIpc) is 3.23. The highest BCUT2D eigenvalue weighted by atomic mass is 35.5. The number of piperidine rings is 1. The van der Waals surface area contributed by atoms with E-state index in [4.69, 9.17) is 11.6 Å². The van der Waals surface area contributed by atoms with Crippen LogP contribution in [0.15, 0.2) is 41.5 Å². The monoisotopic (exact) mass is 466 g/mol. The van der Waals surface area contributed by atoms with E-state index in [2.05, 4.69) is 9.88 Å². The van der Waals surface area contributed by atoms with Gasteiger partial charge in [0, 0.05) is 50.4 Å². The minimum Gasteiger partial charge on any atom is -0.477 e. The molecule has 0 bridgehead atoms. The van der Waals surface area contributed by atoms with E-state index in [0.717, 1.165) is 16.9 Å². The molecule has 0 spiro atoms. The molecule has 2 aliphatic heterocycles.